The van der Waals surface area contributed by atoms with Crippen molar-refractivity contribution in [2.45, 2.75) is 34.0 Å². The summed E-state index contributed by atoms with van der Waals surface area (Å²) in [5.74, 6) is 0.624. The molecule has 1 N–H and O–H groups in total. The first-order chi connectivity index (χ1) is 14.9. The summed E-state index contributed by atoms with van der Waals surface area (Å²) in [5.41, 5.74) is 4.83. The number of hydrogen-bond donors (Lipinski definition) is 1. The van der Waals surface area contributed by atoms with E-state index in [1.54, 1.807) is 28.0 Å². The minimum absolute atomic E-state index is 0.208. The Labute approximate surface area is 180 Å². The Kier molecular flexibility index (Phi) is 5.79. The zero-order chi connectivity index (χ0) is 21.8. The zero-order valence-electron chi connectivity index (χ0n) is 17.7. The number of carbonyl (C=O) groups excluding carboxylic acids is 1. The van der Waals surface area contributed by atoms with Gasteiger partial charge in [-0.3, -0.25) is 10.1 Å². The molecule has 2 aromatic heterocycles. The van der Waals surface area contributed by atoms with E-state index in [0.717, 1.165) is 22.4 Å². The number of rotatable bonds is 7. The van der Waals surface area contributed by atoms with Gasteiger partial charge in [0, 0.05) is 6.20 Å². The van der Waals surface area contributed by atoms with E-state index < -0.39 is 0 Å². The van der Waals surface area contributed by atoms with Gasteiger partial charge >= 0.3 is 0 Å². The molecule has 31 heavy (non-hydrogen) atoms. The van der Waals surface area contributed by atoms with Gasteiger partial charge < -0.3 is 4.74 Å². The van der Waals surface area contributed by atoms with Crippen molar-refractivity contribution < 1.29 is 9.53 Å². The molecular weight excluding hydrogens is 392 g/mol. The van der Waals surface area contributed by atoms with E-state index in [0.29, 0.717) is 6.54 Å². The topological polar surface area (TPSA) is 86.9 Å². The summed E-state index contributed by atoms with van der Waals surface area (Å²) in [6.45, 7) is 6.87. The van der Waals surface area contributed by atoms with Crippen LogP contribution in [0, 0.1) is 20.8 Å². The first-order valence-corrected chi connectivity index (χ1v) is 9.95. The second-order valence-electron chi connectivity index (χ2n) is 7.54. The molecule has 2 aromatic carbocycles. The van der Waals surface area contributed by atoms with E-state index in [4.69, 9.17) is 4.74 Å². The maximum absolute atomic E-state index is 12.5. The van der Waals surface area contributed by atoms with E-state index in [1.807, 2.05) is 45.0 Å². The van der Waals surface area contributed by atoms with Crippen LogP contribution in [-0.4, -0.2) is 30.5 Å². The molecule has 0 aliphatic rings. The first kappa shape index (κ1) is 20.3. The van der Waals surface area contributed by atoms with Gasteiger partial charge in [0.15, 0.2) is 12.4 Å². The van der Waals surface area contributed by atoms with Gasteiger partial charge in [-0.15, -0.1) is 5.10 Å². The fraction of sp³-hybridized carbons (Fsp3) is 0.217. The van der Waals surface area contributed by atoms with Gasteiger partial charge in [-0.2, -0.15) is 5.10 Å². The number of hydrogen-bond acceptors (Lipinski definition) is 5. The molecular formula is C23H24N6O2. The molecule has 0 aliphatic carbocycles. The van der Waals surface area contributed by atoms with E-state index in [2.05, 4.69) is 38.7 Å². The predicted octanol–water partition coefficient (Wildman–Crippen LogP) is 3.74. The fourth-order valence-electron chi connectivity index (χ4n) is 3.19. The van der Waals surface area contributed by atoms with Gasteiger partial charge in [-0.25, -0.2) is 14.3 Å². The van der Waals surface area contributed by atoms with Crippen molar-refractivity contribution in [3.63, 3.8) is 0 Å². The van der Waals surface area contributed by atoms with Gasteiger partial charge in [0.25, 0.3) is 5.91 Å². The van der Waals surface area contributed by atoms with E-state index in [1.165, 1.54) is 5.56 Å². The first-order valence-electron chi connectivity index (χ1n) is 9.95. The van der Waals surface area contributed by atoms with E-state index in [9.17, 15) is 4.79 Å². The number of amides is 1. The Bertz CT molecular complexity index is 1170. The quantitative estimate of drug-likeness (QED) is 0.496. The molecule has 8 nitrogen and oxygen atoms in total. The molecule has 0 saturated heterocycles. The zero-order valence-corrected chi connectivity index (χ0v) is 17.7. The summed E-state index contributed by atoms with van der Waals surface area (Å²) in [5, 5.41) is 11.3. The van der Waals surface area contributed by atoms with Crippen LogP contribution >= 0.6 is 0 Å². The van der Waals surface area contributed by atoms with Crippen LogP contribution in [0.5, 0.6) is 5.75 Å². The largest absolute Gasteiger partial charge is 0.471 e. The predicted molar refractivity (Wildman–Crippen MR) is 117 cm³/mol. The van der Waals surface area contributed by atoms with Gasteiger partial charge in [0.05, 0.1) is 6.54 Å². The Hall–Kier alpha value is -3.94. The third-order valence-electron chi connectivity index (χ3n) is 4.66. The van der Waals surface area contributed by atoms with Crippen molar-refractivity contribution in [1.29, 1.82) is 0 Å². The highest BCUT2D eigenvalue weighted by atomic mass is 16.5. The molecule has 8 heteroatoms. The van der Waals surface area contributed by atoms with Crippen molar-refractivity contribution in [3.05, 3.63) is 89.0 Å². The lowest BCUT2D eigenvalue weighted by Gasteiger charge is -2.08. The van der Waals surface area contributed by atoms with Gasteiger partial charge in [0.2, 0.25) is 5.95 Å². The average Bonchev–Trinajstić information content (AvgIpc) is 3.37. The Balaban J connectivity index is 1.33. The Morgan fingerprint density at radius 1 is 0.935 bits per heavy atom. The molecule has 0 bridgehead atoms. The highest BCUT2D eigenvalue weighted by Gasteiger charge is 2.13. The Morgan fingerprint density at radius 3 is 2.42 bits per heavy atom. The second kappa shape index (κ2) is 8.83. The van der Waals surface area contributed by atoms with Crippen molar-refractivity contribution >= 4 is 11.9 Å². The number of nitrogens with zero attached hydrogens (tertiary/aromatic N) is 5. The van der Waals surface area contributed by atoms with Crippen molar-refractivity contribution in [1.82, 2.24) is 24.5 Å². The van der Waals surface area contributed by atoms with Crippen LogP contribution in [0.25, 0.3) is 0 Å². The monoisotopic (exact) mass is 416 g/mol. The van der Waals surface area contributed by atoms with Crippen LogP contribution in [0.15, 0.2) is 61.1 Å². The van der Waals surface area contributed by atoms with Crippen molar-refractivity contribution in [2.24, 2.45) is 0 Å². The molecule has 158 valence electrons. The number of anilines is 1. The summed E-state index contributed by atoms with van der Waals surface area (Å²) in [4.78, 5) is 16.6. The SMILES string of the molecule is Cc1ccc(Cn2cnc(NC(=O)c3ccn(COc4cc(C)cc(C)c4)n3)n2)cc1. The minimum Gasteiger partial charge on any atom is -0.471 e. The minimum atomic E-state index is -0.377. The van der Waals surface area contributed by atoms with Crippen LogP contribution in [0.4, 0.5) is 5.95 Å². The standard InChI is InChI=1S/C23H24N6O2/c1-16-4-6-19(7-5-16)13-29-14-24-23(27-29)25-22(30)21-8-9-28(26-21)15-31-20-11-17(2)10-18(3)12-20/h4-12,14H,13,15H2,1-3H3,(H,25,27,30). The van der Waals surface area contributed by atoms with Crippen LogP contribution < -0.4 is 10.1 Å². The highest BCUT2D eigenvalue weighted by molar-refractivity contribution is 6.01. The number of carbonyl (C=O) groups is 1. The third-order valence-corrected chi connectivity index (χ3v) is 4.66. The van der Waals surface area contributed by atoms with Gasteiger partial charge in [0.1, 0.15) is 12.1 Å². The molecule has 4 rings (SSSR count). The lowest BCUT2D eigenvalue weighted by molar-refractivity contribution is 0.101. The fourth-order valence-corrected chi connectivity index (χ4v) is 3.19. The maximum atomic E-state index is 12.5. The number of aromatic nitrogens is 5. The molecule has 0 spiro atoms. The third kappa shape index (κ3) is 5.36. The molecule has 0 saturated carbocycles. The van der Waals surface area contributed by atoms with Crippen LogP contribution in [0.1, 0.15) is 32.7 Å². The number of aryl methyl sites for hydroxylation is 3. The lowest BCUT2D eigenvalue weighted by Crippen LogP contribution is -2.15. The summed E-state index contributed by atoms with van der Waals surface area (Å²) in [7, 11) is 0. The van der Waals surface area contributed by atoms with E-state index >= 15 is 0 Å². The summed E-state index contributed by atoms with van der Waals surface area (Å²) in [6.07, 6.45) is 3.28. The van der Waals surface area contributed by atoms with Crippen molar-refractivity contribution in [3.8, 4) is 5.75 Å². The molecule has 0 atom stereocenters. The molecule has 0 radical (unpaired) electrons. The molecule has 0 aliphatic heterocycles. The molecule has 0 fully saturated rings. The maximum Gasteiger partial charge on any atom is 0.278 e. The molecule has 4 aromatic rings. The smallest absolute Gasteiger partial charge is 0.278 e. The molecule has 2 heterocycles. The van der Waals surface area contributed by atoms with Gasteiger partial charge in [-0.1, -0.05) is 35.9 Å². The average molecular weight is 416 g/mol. The van der Waals surface area contributed by atoms with Crippen LogP contribution in [0.3, 0.4) is 0 Å². The number of benzene rings is 2. The summed E-state index contributed by atoms with van der Waals surface area (Å²) >= 11 is 0. The van der Waals surface area contributed by atoms with Crippen LogP contribution in [0.2, 0.25) is 0 Å². The normalized spacial score (nSPS) is 10.8. The van der Waals surface area contributed by atoms with Gasteiger partial charge in [-0.05, 0) is 55.7 Å². The summed E-state index contributed by atoms with van der Waals surface area (Å²) < 4.78 is 9.02. The Morgan fingerprint density at radius 2 is 1.68 bits per heavy atom. The number of nitrogens with one attached hydrogen (secondary N) is 1. The summed E-state index contributed by atoms with van der Waals surface area (Å²) in [6, 6.07) is 15.8. The van der Waals surface area contributed by atoms with Crippen molar-refractivity contribution in [2.75, 3.05) is 5.32 Å². The lowest BCUT2D eigenvalue weighted by atomic mass is 10.1. The highest BCUT2D eigenvalue weighted by Crippen LogP contribution is 2.16. The molecule has 0 unspecified atom stereocenters. The number of ether oxygens (including phenoxy) is 1. The van der Waals surface area contributed by atoms with Crippen LogP contribution in [-0.2, 0) is 13.3 Å². The second-order valence-corrected chi connectivity index (χ2v) is 7.54. The molecule has 1 amide bonds. The van der Waals surface area contributed by atoms with E-state index in [-0.39, 0.29) is 24.3 Å².